The number of amides is 2. The smallest absolute Gasteiger partial charge is 0.238 e. The fraction of sp³-hybridized carbons (Fsp3) is 0.333. The molecule has 0 aromatic heterocycles. The number of nitrogens with two attached hydrogens (primary N) is 1. The minimum atomic E-state index is -0.226. The zero-order valence-corrected chi connectivity index (χ0v) is 11.2. The molecule has 2 atom stereocenters. The number of nitrogens with zero attached hydrogens (tertiary/aromatic N) is 1. The van der Waals surface area contributed by atoms with Crippen LogP contribution in [0.4, 0.5) is 11.4 Å². The molecule has 104 valence electrons. The lowest BCUT2D eigenvalue weighted by Gasteiger charge is -2.16. The standard InChI is InChI=1S/C15H16N2O3/c1-20-13-8-9(6-7-12(13)16)17-14(18)10-4-2-3-5-11(10)15(17)19/h2-3,6-8,10-11H,4-5,16H2,1H3. The van der Waals surface area contributed by atoms with Gasteiger partial charge in [-0.15, -0.1) is 0 Å². The van der Waals surface area contributed by atoms with Gasteiger partial charge in [-0.1, -0.05) is 12.2 Å². The summed E-state index contributed by atoms with van der Waals surface area (Å²) >= 11 is 0. The number of benzene rings is 1. The second-order valence-corrected chi connectivity index (χ2v) is 5.09. The Morgan fingerprint density at radius 1 is 1.15 bits per heavy atom. The van der Waals surface area contributed by atoms with E-state index in [0.29, 0.717) is 30.0 Å². The van der Waals surface area contributed by atoms with Crippen LogP contribution in [0.1, 0.15) is 12.8 Å². The number of nitrogen functional groups attached to an aromatic ring is 1. The lowest BCUT2D eigenvalue weighted by atomic mass is 9.85. The molecule has 5 nitrogen and oxygen atoms in total. The summed E-state index contributed by atoms with van der Waals surface area (Å²) in [7, 11) is 1.51. The second-order valence-electron chi connectivity index (χ2n) is 5.09. The minimum absolute atomic E-state index is 0.129. The molecule has 20 heavy (non-hydrogen) atoms. The number of allylic oxidation sites excluding steroid dienone is 2. The molecule has 1 aromatic rings. The maximum Gasteiger partial charge on any atom is 0.238 e. The molecular weight excluding hydrogens is 256 g/mol. The molecule has 1 aliphatic heterocycles. The molecular formula is C15H16N2O3. The summed E-state index contributed by atoms with van der Waals surface area (Å²) in [6.45, 7) is 0. The van der Waals surface area contributed by atoms with Crippen LogP contribution in [0.15, 0.2) is 30.4 Å². The van der Waals surface area contributed by atoms with Gasteiger partial charge in [0.15, 0.2) is 0 Å². The van der Waals surface area contributed by atoms with Crippen LogP contribution in [0.3, 0.4) is 0 Å². The van der Waals surface area contributed by atoms with Crippen LogP contribution in [-0.2, 0) is 9.59 Å². The number of imide groups is 1. The largest absolute Gasteiger partial charge is 0.495 e. The molecule has 1 heterocycles. The molecule has 5 heteroatoms. The van der Waals surface area contributed by atoms with Gasteiger partial charge >= 0.3 is 0 Å². The molecule has 3 rings (SSSR count). The van der Waals surface area contributed by atoms with Crippen LogP contribution in [-0.4, -0.2) is 18.9 Å². The van der Waals surface area contributed by atoms with Crippen LogP contribution in [0, 0.1) is 11.8 Å². The lowest BCUT2D eigenvalue weighted by Crippen LogP contribution is -2.30. The number of fused-ring (bicyclic) bond motifs is 1. The Kier molecular flexibility index (Phi) is 2.97. The Labute approximate surface area is 117 Å². The average Bonchev–Trinajstić information content (AvgIpc) is 2.72. The third kappa shape index (κ3) is 1.78. The van der Waals surface area contributed by atoms with Crippen molar-refractivity contribution in [3.63, 3.8) is 0 Å². The molecule has 1 fully saturated rings. The van der Waals surface area contributed by atoms with E-state index in [-0.39, 0.29) is 23.7 Å². The maximum absolute atomic E-state index is 12.4. The van der Waals surface area contributed by atoms with E-state index >= 15 is 0 Å². The van der Waals surface area contributed by atoms with Gasteiger partial charge in [0.2, 0.25) is 11.8 Å². The van der Waals surface area contributed by atoms with E-state index in [2.05, 4.69) is 0 Å². The van der Waals surface area contributed by atoms with Gasteiger partial charge in [0.25, 0.3) is 0 Å². The number of ether oxygens (including phenoxy) is 1. The van der Waals surface area contributed by atoms with Gasteiger partial charge < -0.3 is 10.5 Å². The predicted octanol–water partition coefficient (Wildman–Crippen LogP) is 1.73. The highest BCUT2D eigenvalue weighted by atomic mass is 16.5. The zero-order valence-electron chi connectivity index (χ0n) is 11.2. The first-order valence-corrected chi connectivity index (χ1v) is 6.60. The predicted molar refractivity (Wildman–Crippen MR) is 75.3 cm³/mol. The molecule has 1 saturated heterocycles. The number of carbonyl (C=O) groups excluding carboxylic acids is 2. The Bertz CT molecular complexity index is 583. The minimum Gasteiger partial charge on any atom is -0.495 e. The van der Waals surface area contributed by atoms with Crippen molar-refractivity contribution in [2.24, 2.45) is 11.8 Å². The van der Waals surface area contributed by atoms with Gasteiger partial charge in [-0.05, 0) is 25.0 Å². The number of anilines is 2. The van der Waals surface area contributed by atoms with E-state index < -0.39 is 0 Å². The summed E-state index contributed by atoms with van der Waals surface area (Å²) in [6.07, 6.45) is 5.22. The topological polar surface area (TPSA) is 72.6 Å². The SMILES string of the molecule is COc1cc(N2C(=O)C3CC=CCC3C2=O)ccc1N. The summed E-state index contributed by atoms with van der Waals surface area (Å²) in [5, 5.41) is 0. The van der Waals surface area contributed by atoms with Crippen LogP contribution >= 0.6 is 0 Å². The highest BCUT2D eigenvalue weighted by molar-refractivity contribution is 6.22. The van der Waals surface area contributed by atoms with Gasteiger partial charge in [0.05, 0.1) is 30.3 Å². The fourth-order valence-corrected chi connectivity index (χ4v) is 2.89. The normalized spacial score (nSPS) is 24.9. The van der Waals surface area contributed by atoms with Crippen molar-refractivity contribution in [1.82, 2.24) is 0 Å². The average molecular weight is 272 g/mol. The molecule has 1 aromatic carbocycles. The van der Waals surface area contributed by atoms with Crippen LogP contribution in [0.5, 0.6) is 5.75 Å². The monoisotopic (exact) mass is 272 g/mol. The first-order valence-electron chi connectivity index (χ1n) is 6.60. The first-order chi connectivity index (χ1) is 9.63. The van der Waals surface area contributed by atoms with Crippen molar-refractivity contribution in [2.45, 2.75) is 12.8 Å². The van der Waals surface area contributed by atoms with Crippen molar-refractivity contribution in [3.05, 3.63) is 30.4 Å². The van der Waals surface area contributed by atoms with E-state index in [9.17, 15) is 9.59 Å². The van der Waals surface area contributed by atoms with Crippen LogP contribution in [0.25, 0.3) is 0 Å². The van der Waals surface area contributed by atoms with E-state index in [4.69, 9.17) is 10.5 Å². The fourth-order valence-electron chi connectivity index (χ4n) is 2.89. The van der Waals surface area contributed by atoms with Gasteiger partial charge in [-0.2, -0.15) is 0 Å². The van der Waals surface area contributed by atoms with Crippen molar-refractivity contribution in [1.29, 1.82) is 0 Å². The van der Waals surface area contributed by atoms with Crippen LogP contribution in [0.2, 0.25) is 0 Å². The Morgan fingerprint density at radius 3 is 2.30 bits per heavy atom. The summed E-state index contributed by atoms with van der Waals surface area (Å²) in [4.78, 5) is 26.1. The maximum atomic E-state index is 12.4. The van der Waals surface area contributed by atoms with Gasteiger partial charge in [0.1, 0.15) is 5.75 Å². The molecule has 2 aliphatic rings. The lowest BCUT2D eigenvalue weighted by molar-refractivity contribution is -0.122. The summed E-state index contributed by atoms with van der Waals surface area (Å²) in [5.41, 5.74) is 6.77. The van der Waals surface area contributed by atoms with Crippen molar-refractivity contribution >= 4 is 23.2 Å². The third-order valence-electron chi connectivity index (χ3n) is 3.98. The highest BCUT2D eigenvalue weighted by Gasteiger charge is 2.47. The quantitative estimate of drug-likeness (QED) is 0.505. The first kappa shape index (κ1) is 12.7. The van der Waals surface area contributed by atoms with Gasteiger partial charge in [-0.25, -0.2) is 4.90 Å². The molecule has 0 spiro atoms. The number of carbonyl (C=O) groups is 2. The second kappa shape index (κ2) is 4.67. The van der Waals surface area contributed by atoms with E-state index in [0.717, 1.165) is 0 Å². The Hall–Kier alpha value is -2.30. The molecule has 1 aliphatic carbocycles. The number of methoxy groups -OCH3 is 1. The van der Waals surface area contributed by atoms with E-state index in [1.807, 2.05) is 12.2 Å². The number of hydrogen-bond donors (Lipinski definition) is 1. The molecule has 2 amide bonds. The summed E-state index contributed by atoms with van der Waals surface area (Å²) < 4.78 is 5.15. The van der Waals surface area contributed by atoms with E-state index in [1.165, 1.54) is 12.0 Å². The van der Waals surface area contributed by atoms with Crippen molar-refractivity contribution in [2.75, 3.05) is 17.7 Å². The van der Waals surface area contributed by atoms with Crippen molar-refractivity contribution < 1.29 is 14.3 Å². The Morgan fingerprint density at radius 2 is 1.75 bits per heavy atom. The van der Waals surface area contributed by atoms with Gasteiger partial charge in [0, 0.05) is 6.07 Å². The van der Waals surface area contributed by atoms with Crippen molar-refractivity contribution in [3.8, 4) is 5.75 Å². The molecule has 2 N–H and O–H groups in total. The zero-order chi connectivity index (χ0) is 14.3. The third-order valence-corrected chi connectivity index (χ3v) is 3.98. The molecule has 0 bridgehead atoms. The Balaban J connectivity index is 1.98. The molecule has 0 radical (unpaired) electrons. The highest BCUT2D eigenvalue weighted by Crippen LogP contribution is 2.39. The number of rotatable bonds is 2. The van der Waals surface area contributed by atoms with Crippen LogP contribution < -0.4 is 15.4 Å². The molecule has 2 unspecified atom stereocenters. The van der Waals surface area contributed by atoms with Gasteiger partial charge in [-0.3, -0.25) is 9.59 Å². The number of hydrogen-bond acceptors (Lipinski definition) is 4. The van der Waals surface area contributed by atoms with E-state index in [1.54, 1.807) is 18.2 Å². The summed E-state index contributed by atoms with van der Waals surface area (Å²) in [5.74, 6) is -0.240. The summed E-state index contributed by atoms with van der Waals surface area (Å²) in [6, 6.07) is 4.96. The molecule has 0 saturated carbocycles.